The smallest absolute Gasteiger partial charge is 0.239 e. The molecule has 2 aliphatic rings. The molecule has 2 aliphatic heterocycles. The highest BCUT2D eigenvalue weighted by Crippen LogP contribution is 2.27. The van der Waals surface area contributed by atoms with E-state index in [0.29, 0.717) is 18.8 Å². The number of aromatic hydroxyl groups is 1. The Hall–Kier alpha value is -2.53. The van der Waals surface area contributed by atoms with Gasteiger partial charge in [-0.15, -0.1) is 0 Å². The van der Waals surface area contributed by atoms with Crippen LogP contribution in [-0.4, -0.2) is 59.6 Å². The Kier molecular flexibility index (Phi) is 5.03. The molecule has 142 valence electrons. The maximum Gasteiger partial charge on any atom is 0.239 e. The van der Waals surface area contributed by atoms with Crippen molar-refractivity contribution in [2.45, 2.75) is 25.9 Å². The van der Waals surface area contributed by atoms with Crippen molar-refractivity contribution < 1.29 is 9.90 Å². The summed E-state index contributed by atoms with van der Waals surface area (Å²) in [5.41, 5.74) is 3.60. The molecule has 1 saturated heterocycles. The van der Waals surface area contributed by atoms with Crippen LogP contribution in [0.1, 0.15) is 18.1 Å². The number of hydrogen-bond donors (Lipinski definition) is 1. The van der Waals surface area contributed by atoms with Gasteiger partial charge in [0, 0.05) is 39.3 Å². The summed E-state index contributed by atoms with van der Waals surface area (Å²) in [4.78, 5) is 19.5. The molecule has 0 unspecified atom stereocenters. The summed E-state index contributed by atoms with van der Waals surface area (Å²) in [6.07, 6.45) is 1.01. The van der Waals surface area contributed by atoms with Gasteiger partial charge in [-0.1, -0.05) is 36.4 Å². The van der Waals surface area contributed by atoms with Crippen LogP contribution >= 0.6 is 0 Å². The molecule has 5 heteroatoms. The Morgan fingerprint density at radius 3 is 2.33 bits per heavy atom. The van der Waals surface area contributed by atoms with Crippen LogP contribution in [0.4, 0.5) is 5.69 Å². The summed E-state index contributed by atoms with van der Waals surface area (Å²) in [6, 6.07) is 15.8. The van der Waals surface area contributed by atoms with Gasteiger partial charge in [-0.05, 0) is 36.6 Å². The average Bonchev–Trinajstić information content (AvgIpc) is 2.73. The van der Waals surface area contributed by atoms with Crippen molar-refractivity contribution in [2.24, 2.45) is 0 Å². The van der Waals surface area contributed by atoms with Crippen LogP contribution in [0.25, 0.3) is 0 Å². The Balaban J connectivity index is 1.36. The minimum Gasteiger partial charge on any atom is -0.506 e. The first-order valence-electron chi connectivity index (χ1n) is 9.76. The highest BCUT2D eigenvalue weighted by Gasteiger charge is 2.30. The molecule has 4 rings (SSSR count). The van der Waals surface area contributed by atoms with Crippen LogP contribution in [0.15, 0.2) is 48.5 Å². The maximum atomic E-state index is 13.0. The Bertz CT molecular complexity index is 815. The second-order valence-corrected chi connectivity index (χ2v) is 7.47. The SMILES string of the molecule is C[C@@H](C(=O)N1CCN(c2ccccc2O)CC1)N1CCc2ccccc2C1. The minimum absolute atomic E-state index is 0.102. The highest BCUT2D eigenvalue weighted by atomic mass is 16.3. The fraction of sp³-hybridized carbons (Fsp3) is 0.409. The van der Waals surface area contributed by atoms with Gasteiger partial charge in [-0.3, -0.25) is 9.69 Å². The molecule has 2 aromatic rings. The van der Waals surface area contributed by atoms with Crippen LogP contribution in [0.5, 0.6) is 5.75 Å². The number of hydrogen-bond acceptors (Lipinski definition) is 4. The zero-order valence-electron chi connectivity index (χ0n) is 15.8. The van der Waals surface area contributed by atoms with Gasteiger partial charge in [0.2, 0.25) is 5.91 Å². The molecule has 27 heavy (non-hydrogen) atoms. The number of para-hydroxylation sites is 2. The van der Waals surface area contributed by atoms with Gasteiger partial charge >= 0.3 is 0 Å². The van der Waals surface area contributed by atoms with Crippen LogP contribution < -0.4 is 4.90 Å². The molecule has 0 saturated carbocycles. The quantitative estimate of drug-likeness (QED) is 0.908. The van der Waals surface area contributed by atoms with Gasteiger partial charge in [0.15, 0.2) is 0 Å². The number of carbonyl (C=O) groups is 1. The standard InChI is InChI=1S/C22H27N3O2/c1-17(25-11-10-18-6-2-3-7-19(18)16-25)22(27)24-14-12-23(13-15-24)20-8-4-5-9-21(20)26/h2-9,17,26H,10-16H2,1H3/t17-/m0/s1. The molecule has 1 fully saturated rings. The Labute approximate surface area is 160 Å². The number of piperazine rings is 1. The number of phenols is 1. The average molecular weight is 365 g/mol. The van der Waals surface area contributed by atoms with Crippen LogP contribution in [0, 0.1) is 0 Å². The van der Waals surface area contributed by atoms with Crippen molar-refractivity contribution in [1.82, 2.24) is 9.80 Å². The lowest BCUT2D eigenvalue weighted by atomic mass is 9.98. The van der Waals surface area contributed by atoms with Gasteiger partial charge in [0.25, 0.3) is 0 Å². The molecule has 0 radical (unpaired) electrons. The van der Waals surface area contributed by atoms with E-state index in [1.807, 2.05) is 30.0 Å². The van der Waals surface area contributed by atoms with Gasteiger partial charge < -0.3 is 14.9 Å². The van der Waals surface area contributed by atoms with Crippen molar-refractivity contribution >= 4 is 11.6 Å². The first kappa shape index (κ1) is 17.9. The molecular formula is C22H27N3O2. The molecule has 1 amide bonds. The van der Waals surface area contributed by atoms with Crippen molar-refractivity contribution in [3.05, 3.63) is 59.7 Å². The maximum absolute atomic E-state index is 13.0. The van der Waals surface area contributed by atoms with E-state index in [1.54, 1.807) is 6.07 Å². The summed E-state index contributed by atoms with van der Waals surface area (Å²) in [5.74, 6) is 0.518. The number of benzene rings is 2. The summed E-state index contributed by atoms with van der Waals surface area (Å²) in [6.45, 7) is 6.70. The Morgan fingerprint density at radius 1 is 0.926 bits per heavy atom. The van der Waals surface area contributed by atoms with Gasteiger partial charge in [0.1, 0.15) is 5.75 Å². The van der Waals surface area contributed by atoms with E-state index in [0.717, 1.165) is 38.3 Å². The number of phenolic OH excluding ortho intramolecular Hbond substituents is 1. The molecular weight excluding hydrogens is 338 g/mol. The van der Waals surface area contributed by atoms with E-state index in [-0.39, 0.29) is 11.9 Å². The lowest BCUT2D eigenvalue weighted by Crippen LogP contribution is -2.54. The lowest BCUT2D eigenvalue weighted by Gasteiger charge is -2.40. The highest BCUT2D eigenvalue weighted by molar-refractivity contribution is 5.82. The number of nitrogens with zero attached hydrogens (tertiary/aromatic N) is 3. The third-order valence-electron chi connectivity index (χ3n) is 5.88. The van der Waals surface area contributed by atoms with E-state index < -0.39 is 0 Å². The largest absolute Gasteiger partial charge is 0.506 e. The molecule has 5 nitrogen and oxygen atoms in total. The molecule has 1 N–H and O–H groups in total. The molecule has 2 heterocycles. The van der Waals surface area contributed by atoms with Crippen LogP contribution in [0.3, 0.4) is 0 Å². The predicted octanol–water partition coefficient (Wildman–Crippen LogP) is 2.49. The summed E-state index contributed by atoms with van der Waals surface area (Å²) in [7, 11) is 0. The first-order chi connectivity index (χ1) is 13.1. The summed E-state index contributed by atoms with van der Waals surface area (Å²) < 4.78 is 0. The fourth-order valence-electron chi connectivity index (χ4n) is 4.17. The van der Waals surface area contributed by atoms with Crippen molar-refractivity contribution in [2.75, 3.05) is 37.6 Å². The predicted molar refractivity (Wildman–Crippen MR) is 107 cm³/mol. The third-order valence-corrected chi connectivity index (χ3v) is 5.88. The first-order valence-corrected chi connectivity index (χ1v) is 9.76. The molecule has 1 atom stereocenters. The molecule has 0 spiro atoms. The molecule has 0 aliphatic carbocycles. The monoisotopic (exact) mass is 365 g/mol. The normalized spacial score (nSPS) is 18.9. The third kappa shape index (κ3) is 3.65. The van der Waals surface area contributed by atoms with Crippen molar-refractivity contribution in [1.29, 1.82) is 0 Å². The number of carbonyl (C=O) groups excluding carboxylic acids is 1. The second-order valence-electron chi connectivity index (χ2n) is 7.47. The number of fused-ring (bicyclic) bond motifs is 1. The molecule has 0 bridgehead atoms. The topological polar surface area (TPSA) is 47.0 Å². The molecule has 2 aromatic carbocycles. The number of anilines is 1. The van der Waals surface area contributed by atoms with E-state index >= 15 is 0 Å². The van der Waals surface area contributed by atoms with Gasteiger partial charge in [-0.2, -0.15) is 0 Å². The fourth-order valence-corrected chi connectivity index (χ4v) is 4.17. The number of amides is 1. The Morgan fingerprint density at radius 2 is 1.59 bits per heavy atom. The minimum atomic E-state index is -0.102. The second kappa shape index (κ2) is 7.61. The van der Waals surface area contributed by atoms with E-state index in [2.05, 4.69) is 34.1 Å². The van der Waals surface area contributed by atoms with Gasteiger partial charge in [0.05, 0.1) is 11.7 Å². The number of rotatable bonds is 3. The van der Waals surface area contributed by atoms with Crippen LogP contribution in [-0.2, 0) is 17.8 Å². The zero-order valence-corrected chi connectivity index (χ0v) is 15.8. The van der Waals surface area contributed by atoms with Crippen molar-refractivity contribution in [3.63, 3.8) is 0 Å². The molecule has 0 aromatic heterocycles. The van der Waals surface area contributed by atoms with E-state index in [9.17, 15) is 9.90 Å². The van der Waals surface area contributed by atoms with Crippen LogP contribution in [0.2, 0.25) is 0 Å². The van der Waals surface area contributed by atoms with Gasteiger partial charge in [-0.25, -0.2) is 0 Å². The summed E-state index contributed by atoms with van der Waals surface area (Å²) in [5, 5.41) is 10.0. The van der Waals surface area contributed by atoms with E-state index in [1.165, 1.54) is 11.1 Å². The zero-order chi connectivity index (χ0) is 18.8. The lowest BCUT2D eigenvalue weighted by molar-refractivity contribution is -0.137. The van der Waals surface area contributed by atoms with Crippen molar-refractivity contribution in [3.8, 4) is 5.75 Å². The summed E-state index contributed by atoms with van der Waals surface area (Å²) >= 11 is 0. The van der Waals surface area contributed by atoms with E-state index in [4.69, 9.17) is 0 Å².